The molecule has 3 heterocycles. The standard InChI is InChI=1S/C16H17N5O3S2/c22-26(23,15-4-2-13(3-5-15)21-9-1-8-18-21)20-10-6-14(7-11-20)24-16-19-17-12-25-16/h1-5,8-9,12,14H,6-7,10-11H2. The molecule has 2 aromatic heterocycles. The maximum absolute atomic E-state index is 12.9. The van der Waals surface area contributed by atoms with Crippen LogP contribution in [0.5, 0.6) is 5.19 Å². The Hall–Kier alpha value is -2.30. The summed E-state index contributed by atoms with van der Waals surface area (Å²) in [6, 6.07) is 8.57. The van der Waals surface area contributed by atoms with E-state index in [0.717, 1.165) is 5.69 Å². The SMILES string of the molecule is O=S(=O)(c1ccc(-n2cccn2)cc1)N1CCC(Oc2nncs2)CC1. The summed E-state index contributed by atoms with van der Waals surface area (Å²) in [5.74, 6) is 0. The normalized spacial score (nSPS) is 16.6. The van der Waals surface area contributed by atoms with E-state index < -0.39 is 10.0 Å². The van der Waals surface area contributed by atoms with Gasteiger partial charge in [-0.2, -0.15) is 9.40 Å². The average molecular weight is 391 g/mol. The number of aromatic nitrogens is 4. The number of sulfonamides is 1. The first-order valence-electron chi connectivity index (χ1n) is 8.16. The summed E-state index contributed by atoms with van der Waals surface area (Å²) in [5, 5.41) is 12.3. The molecule has 0 atom stereocenters. The van der Waals surface area contributed by atoms with Crippen molar-refractivity contribution in [3.8, 4) is 10.9 Å². The Morgan fingerprint density at radius 2 is 1.92 bits per heavy atom. The summed E-state index contributed by atoms with van der Waals surface area (Å²) < 4.78 is 34.6. The summed E-state index contributed by atoms with van der Waals surface area (Å²) in [6.07, 6.45) is 4.72. The van der Waals surface area contributed by atoms with E-state index in [1.807, 2.05) is 12.3 Å². The third-order valence-corrected chi connectivity index (χ3v) is 6.74. The molecule has 0 aliphatic carbocycles. The van der Waals surface area contributed by atoms with Gasteiger partial charge in [0, 0.05) is 25.5 Å². The van der Waals surface area contributed by atoms with E-state index in [9.17, 15) is 8.42 Å². The molecule has 26 heavy (non-hydrogen) atoms. The van der Waals surface area contributed by atoms with Gasteiger partial charge in [-0.05, 0) is 43.2 Å². The fourth-order valence-electron chi connectivity index (χ4n) is 2.89. The molecule has 136 valence electrons. The zero-order valence-corrected chi connectivity index (χ0v) is 15.4. The van der Waals surface area contributed by atoms with E-state index in [2.05, 4.69) is 15.3 Å². The van der Waals surface area contributed by atoms with Crippen molar-refractivity contribution in [2.24, 2.45) is 0 Å². The second-order valence-corrected chi connectivity index (χ2v) is 8.60. The van der Waals surface area contributed by atoms with Crippen LogP contribution in [0.2, 0.25) is 0 Å². The summed E-state index contributed by atoms with van der Waals surface area (Å²) in [7, 11) is -3.51. The number of benzene rings is 1. The molecule has 1 aromatic carbocycles. The van der Waals surface area contributed by atoms with Crippen molar-refractivity contribution in [2.75, 3.05) is 13.1 Å². The number of hydrogen-bond donors (Lipinski definition) is 0. The van der Waals surface area contributed by atoms with Gasteiger partial charge in [-0.3, -0.25) is 0 Å². The zero-order chi connectivity index (χ0) is 18.0. The fourth-order valence-corrected chi connectivity index (χ4v) is 4.83. The van der Waals surface area contributed by atoms with Gasteiger partial charge < -0.3 is 4.74 Å². The molecule has 0 spiro atoms. The number of rotatable bonds is 5. The highest BCUT2D eigenvalue weighted by Crippen LogP contribution is 2.24. The average Bonchev–Trinajstić information content (AvgIpc) is 3.36. The van der Waals surface area contributed by atoms with Gasteiger partial charge in [0.15, 0.2) is 0 Å². The summed E-state index contributed by atoms with van der Waals surface area (Å²) in [4.78, 5) is 0.289. The van der Waals surface area contributed by atoms with Crippen molar-refractivity contribution in [1.29, 1.82) is 0 Å². The lowest BCUT2D eigenvalue weighted by molar-refractivity contribution is 0.134. The van der Waals surface area contributed by atoms with Gasteiger partial charge >= 0.3 is 0 Å². The highest BCUT2D eigenvalue weighted by atomic mass is 32.2. The molecular formula is C16H17N5O3S2. The molecule has 0 radical (unpaired) electrons. The Balaban J connectivity index is 1.42. The molecule has 4 rings (SSSR count). The van der Waals surface area contributed by atoms with Gasteiger partial charge in [-0.25, -0.2) is 13.1 Å². The van der Waals surface area contributed by atoms with Crippen molar-refractivity contribution < 1.29 is 13.2 Å². The van der Waals surface area contributed by atoms with Crippen LogP contribution in [0.15, 0.2) is 53.1 Å². The van der Waals surface area contributed by atoms with E-state index in [1.165, 1.54) is 15.6 Å². The zero-order valence-electron chi connectivity index (χ0n) is 13.8. The van der Waals surface area contributed by atoms with Crippen LogP contribution in [0.4, 0.5) is 0 Å². The monoisotopic (exact) mass is 391 g/mol. The maximum atomic E-state index is 12.9. The second kappa shape index (κ2) is 7.14. The predicted octanol–water partition coefficient (Wildman–Crippen LogP) is 1.96. The topological polar surface area (TPSA) is 90.2 Å². The summed E-state index contributed by atoms with van der Waals surface area (Å²) >= 11 is 1.34. The van der Waals surface area contributed by atoms with Crippen LogP contribution in [0.3, 0.4) is 0 Å². The van der Waals surface area contributed by atoms with E-state index in [-0.39, 0.29) is 11.0 Å². The summed E-state index contributed by atoms with van der Waals surface area (Å²) in [6.45, 7) is 0.847. The van der Waals surface area contributed by atoms with Gasteiger partial charge in [0.1, 0.15) is 11.6 Å². The molecule has 3 aromatic rings. The first-order chi connectivity index (χ1) is 12.6. The third-order valence-electron chi connectivity index (χ3n) is 4.25. The van der Waals surface area contributed by atoms with Gasteiger partial charge in [0.25, 0.3) is 5.19 Å². The molecule has 0 unspecified atom stereocenters. The molecule has 1 aliphatic heterocycles. The van der Waals surface area contributed by atoms with Crippen LogP contribution in [0, 0.1) is 0 Å². The number of hydrogen-bond acceptors (Lipinski definition) is 7. The van der Waals surface area contributed by atoms with Crippen LogP contribution in [-0.4, -0.2) is 51.9 Å². The van der Waals surface area contributed by atoms with Crippen molar-refractivity contribution in [3.05, 3.63) is 48.2 Å². The minimum Gasteiger partial charge on any atom is -0.466 e. The molecular weight excluding hydrogens is 374 g/mol. The van der Waals surface area contributed by atoms with Crippen LogP contribution in [0.1, 0.15) is 12.8 Å². The van der Waals surface area contributed by atoms with Gasteiger partial charge in [-0.1, -0.05) is 11.3 Å². The van der Waals surface area contributed by atoms with E-state index in [4.69, 9.17) is 4.74 Å². The first kappa shape index (κ1) is 17.1. The Labute approximate surface area is 155 Å². The molecule has 0 amide bonds. The number of piperidine rings is 1. The maximum Gasteiger partial charge on any atom is 0.294 e. The third kappa shape index (κ3) is 3.48. The van der Waals surface area contributed by atoms with E-state index in [1.54, 1.807) is 40.7 Å². The lowest BCUT2D eigenvalue weighted by Gasteiger charge is -2.30. The number of ether oxygens (including phenoxy) is 1. The lowest BCUT2D eigenvalue weighted by Crippen LogP contribution is -2.41. The molecule has 1 fully saturated rings. The molecule has 8 nitrogen and oxygen atoms in total. The Kier molecular flexibility index (Phi) is 4.70. The molecule has 10 heteroatoms. The van der Waals surface area contributed by atoms with Gasteiger partial charge in [-0.15, -0.1) is 10.2 Å². The van der Waals surface area contributed by atoms with Crippen molar-refractivity contribution in [1.82, 2.24) is 24.3 Å². The molecule has 1 aliphatic rings. The summed E-state index contributed by atoms with van der Waals surface area (Å²) in [5.41, 5.74) is 2.43. The fraction of sp³-hybridized carbons (Fsp3) is 0.312. The molecule has 0 N–H and O–H groups in total. The smallest absolute Gasteiger partial charge is 0.294 e. The van der Waals surface area contributed by atoms with Crippen molar-refractivity contribution >= 4 is 21.4 Å². The van der Waals surface area contributed by atoms with Crippen LogP contribution >= 0.6 is 11.3 Å². The van der Waals surface area contributed by atoms with Crippen LogP contribution in [-0.2, 0) is 10.0 Å². The van der Waals surface area contributed by atoms with E-state index >= 15 is 0 Å². The van der Waals surface area contributed by atoms with Gasteiger partial charge in [0.2, 0.25) is 10.0 Å². The quantitative estimate of drug-likeness (QED) is 0.660. The Morgan fingerprint density at radius 1 is 1.15 bits per heavy atom. The Morgan fingerprint density at radius 3 is 2.54 bits per heavy atom. The molecule has 0 bridgehead atoms. The highest BCUT2D eigenvalue weighted by Gasteiger charge is 2.30. The first-order valence-corrected chi connectivity index (χ1v) is 10.5. The minimum atomic E-state index is -3.51. The second-order valence-electron chi connectivity index (χ2n) is 5.87. The highest BCUT2D eigenvalue weighted by molar-refractivity contribution is 7.89. The van der Waals surface area contributed by atoms with Crippen LogP contribution < -0.4 is 4.74 Å². The number of nitrogens with zero attached hydrogens (tertiary/aromatic N) is 5. The van der Waals surface area contributed by atoms with Crippen LogP contribution in [0.25, 0.3) is 5.69 Å². The Bertz CT molecular complexity index is 932. The van der Waals surface area contributed by atoms with Crippen molar-refractivity contribution in [3.63, 3.8) is 0 Å². The van der Waals surface area contributed by atoms with Gasteiger partial charge in [0.05, 0.1) is 10.6 Å². The van der Waals surface area contributed by atoms with E-state index in [0.29, 0.717) is 31.1 Å². The molecule has 1 saturated heterocycles. The molecule has 0 saturated carbocycles. The van der Waals surface area contributed by atoms with Crippen molar-refractivity contribution in [2.45, 2.75) is 23.8 Å². The largest absolute Gasteiger partial charge is 0.466 e. The minimum absolute atomic E-state index is 0.0309. The predicted molar refractivity (Wildman–Crippen MR) is 95.9 cm³/mol. The lowest BCUT2D eigenvalue weighted by atomic mass is 10.1.